The van der Waals surface area contributed by atoms with Crippen molar-refractivity contribution in [3.05, 3.63) is 66.0 Å². The van der Waals surface area contributed by atoms with Crippen LogP contribution in [-0.2, 0) is 4.79 Å². The molecule has 0 bridgehead atoms. The van der Waals surface area contributed by atoms with Crippen molar-refractivity contribution in [2.24, 2.45) is 5.73 Å². The summed E-state index contributed by atoms with van der Waals surface area (Å²) in [5.41, 5.74) is 6.26. The van der Waals surface area contributed by atoms with E-state index in [0.29, 0.717) is 5.69 Å². The quantitative estimate of drug-likeness (QED) is 0.793. The third kappa shape index (κ3) is 4.59. The normalized spacial score (nSPS) is 11.5. The Bertz CT molecular complexity index is 661. The second-order valence-electron chi connectivity index (χ2n) is 4.73. The lowest BCUT2D eigenvalue weighted by atomic mass is 10.0. The fourth-order valence-electron chi connectivity index (χ4n) is 2.07. The molecule has 0 heterocycles. The third-order valence-corrected chi connectivity index (χ3v) is 3.02. The Kier molecular flexibility index (Phi) is 5.08. The SMILES string of the molecule is NC(=O)N[C@@H](CC(=O)Nc1cccc(F)c1)c1ccccc1. The molecule has 0 aliphatic heterocycles. The van der Waals surface area contributed by atoms with Crippen molar-refractivity contribution < 1.29 is 14.0 Å². The Labute approximate surface area is 127 Å². The van der Waals surface area contributed by atoms with E-state index in [2.05, 4.69) is 10.6 Å². The van der Waals surface area contributed by atoms with Crippen LogP contribution in [0, 0.1) is 5.82 Å². The van der Waals surface area contributed by atoms with Gasteiger partial charge in [0.05, 0.1) is 12.5 Å². The molecular weight excluding hydrogens is 285 g/mol. The minimum absolute atomic E-state index is 0.0104. The zero-order valence-electron chi connectivity index (χ0n) is 11.8. The second-order valence-corrected chi connectivity index (χ2v) is 4.73. The molecule has 3 amide bonds. The molecule has 0 saturated carbocycles. The Morgan fingerprint density at radius 1 is 1.09 bits per heavy atom. The lowest BCUT2D eigenvalue weighted by molar-refractivity contribution is -0.116. The van der Waals surface area contributed by atoms with Crippen LogP contribution in [0.3, 0.4) is 0 Å². The summed E-state index contributed by atoms with van der Waals surface area (Å²) in [5, 5.41) is 5.11. The van der Waals surface area contributed by atoms with Gasteiger partial charge in [-0.2, -0.15) is 0 Å². The highest BCUT2D eigenvalue weighted by Gasteiger charge is 2.17. The highest BCUT2D eigenvalue weighted by atomic mass is 19.1. The second kappa shape index (κ2) is 7.21. The number of halogens is 1. The van der Waals surface area contributed by atoms with E-state index in [1.807, 2.05) is 6.07 Å². The highest BCUT2D eigenvalue weighted by Crippen LogP contribution is 2.18. The van der Waals surface area contributed by atoms with Gasteiger partial charge in [-0.25, -0.2) is 9.18 Å². The topological polar surface area (TPSA) is 84.2 Å². The van der Waals surface area contributed by atoms with E-state index in [4.69, 9.17) is 5.73 Å². The molecule has 6 heteroatoms. The molecule has 2 rings (SSSR count). The van der Waals surface area contributed by atoms with Gasteiger partial charge in [-0.05, 0) is 23.8 Å². The summed E-state index contributed by atoms with van der Waals surface area (Å²) in [6.45, 7) is 0. The summed E-state index contributed by atoms with van der Waals surface area (Å²) in [5.74, 6) is -0.791. The van der Waals surface area contributed by atoms with Crippen LogP contribution < -0.4 is 16.4 Å². The van der Waals surface area contributed by atoms with Gasteiger partial charge in [0.15, 0.2) is 0 Å². The largest absolute Gasteiger partial charge is 0.352 e. The molecule has 0 saturated heterocycles. The first-order chi connectivity index (χ1) is 10.5. The monoisotopic (exact) mass is 301 g/mol. The van der Waals surface area contributed by atoms with Crippen molar-refractivity contribution in [1.29, 1.82) is 0 Å². The minimum atomic E-state index is -0.715. The molecule has 0 spiro atoms. The van der Waals surface area contributed by atoms with E-state index < -0.39 is 17.9 Å². The molecule has 0 aromatic heterocycles. The maximum atomic E-state index is 13.1. The first kappa shape index (κ1) is 15.5. The molecule has 0 fully saturated rings. The molecule has 4 N–H and O–H groups in total. The van der Waals surface area contributed by atoms with Crippen molar-refractivity contribution >= 4 is 17.6 Å². The first-order valence-electron chi connectivity index (χ1n) is 6.71. The van der Waals surface area contributed by atoms with Gasteiger partial charge in [0.25, 0.3) is 0 Å². The minimum Gasteiger partial charge on any atom is -0.352 e. The third-order valence-electron chi connectivity index (χ3n) is 3.02. The molecule has 0 aliphatic rings. The molecule has 1 atom stereocenters. The van der Waals surface area contributed by atoms with Gasteiger partial charge < -0.3 is 16.4 Å². The number of nitrogens with one attached hydrogen (secondary N) is 2. The standard InChI is InChI=1S/C16H16FN3O2/c17-12-7-4-8-13(9-12)19-15(21)10-14(20-16(18)22)11-5-2-1-3-6-11/h1-9,14H,10H2,(H,19,21)(H3,18,20,22)/t14-/m0/s1. The number of carbonyl (C=O) groups excluding carboxylic acids is 2. The number of anilines is 1. The number of amides is 3. The van der Waals surface area contributed by atoms with Crippen molar-refractivity contribution in [2.75, 3.05) is 5.32 Å². The van der Waals surface area contributed by atoms with Crippen LogP contribution in [-0.4, -0.2) is 11.9 Å². The predicted molar refractivity (Wildman–Crippen MR) is 81.5 cm³/mol. The zero-order valence-corrected chi connectivity index (χ0v) is 11.8. The van der Waals surface area contributed by atoms with Gasteiger partial charge in [-0.1, -0.05) is 36.4 Å². The molecule has 22 heavy (non-hydrogen) atoms. The molecule has 114 valence electrons. The van der Waals surface area contributed by atoms with Crippen molar-refractivity contribution in [3.63, 3.8) is 0 Å². The van der Waals surface area contributed by atoms with E-state index in [9.17, 15) is 14.0 Å². The summed E-state index contributed by atoms with van der Waals surface area (Å²) < 4.78 is 13.1. The van der Waals surface area contributed by atoms with Crippen LogP contribution in [0.2, 0.25) is 0 Å². The van der Waals surface area contributed by atoms with Crippen molar-refractivity contribution in [1.82, 2.24) is 5.32 Å². The van der Waals surface area contributed by atoms with Crippen LogP contribution in [0.4, 0.5) is 14.9 Å². The van der Waals surface area contributed by atoms with Gasteiger partial charge in [0, 0.05) is 5.69 Å². The van der Waals surface area contributed by atoms with Crippen molar-refractivity contribution in [2.45, 2.75) is 12.5 Å². The van der Waals surface area contributed by atoms with Crippen LogP contribution in [0.1, 0.15) is 18.0 Å². The molecule has 2 aromatic carbocycles. The lowest BCUT2D eigenvalue weighted by Crippen LogP contribution is -2.35. The van der Waals surface area contributed by atoms with E-state index in [0.717, 1.165) is 5.56 Å². The Morgan fingerprint density at radius 3 is 2.45 bits per heavy atom. The van der Waals surface area contributed by atoms with Crippen LogP contribution in [0.5, 0.6) is 0 Å². The van der Waals surface area contributed by atoms with E-state index in [1.165, 1.54) is 18.2 Å². The molecule has 5 nitrogen and oxygen atoms in total. The Balaban J connectivity index is 2.06. The maximum Gasteiger partial charge on any atom is 0.312 e. The summed E-state index contributed by atoms with van der Waals surface area (Å²) in [6.07, 6.45) is -0.0104. The maximum absolute atomic E-state index is 13.1. The van der Waals surface area contributed by atoms with E-state index in [1.54, 1.807) is 30.3 Å². The average molecular weight is 301 g/mol. The lowest BCUT2D eigenvalue weighted by Gasteiger charge is -2.17. The fourth-order valence-corrected chi connectivity index (χ4v) is 2.07. The zero-order chi connectivity index (χ0) is 15.9. The van der Waals surface area contributed by atoms with Gasteiger partial charge in [-0.15, -0.1) is 0 Å². The average Bonchev–Trinajstić information content (AvgIpc) is 2.47. The number of hydrogen-bond donors (Lipinski definition) is 3. The number of primary amides is 1. The number of nitrogens with two attached hydrogens (primary N) is 1. The van der Waals surface area contributed by atoms with Gasteiger partial charge >= 0.3 is 6.03 Å². The number of benzene rings is 2. The first-order valence-corrected chi connectivity index (χ1v) is 6.71. The molecule has 0 radical (unpaired) electrons. The number of carbonyl (C=O) groups is 2. The van der Waals surface area contributed by atoms with Gasteiger partial charge in [-0.3, -0.25) is 4.79 Å². The fraction of sp³-hybridized carbons (Fsp3) is 0.125. The van der Waals surface area contributed by atoms with E-state index in [-0.39, 0.29) is 12.3 Å². The van der Waals surface area contributed by atoms with Crippen LogP contribution >= 0.6 is 0 Å². The Morgan fingerprint density at radius 2 is 1.82 bits per heavy atom. The number of rotatable bonds is 5. The molecule has 0 unspecified atom stereocenters. The van der Waals surface area contributed by atoms with Gasteiger partial charge in [0.1, 0.15) is 5.82 Å². The Hall–Kier alpha value is -2.89. The summed E-state index contributed by atoms with van der Waals surface area (Å²) >= 11 is 0. The number of hydrogen-bond acceptors (Lipinski definition) is 2. The predicted octanol–water partition coefficient (Wildman–Crippen LogP) is 2.56. The molecular formula is C16H16FN3O2. The van der Waals surface area contributed by atoms with Gasteiger partial charge in [0.2, 0.25) is 5.91 Å². The van der Waals surface area contributed by atoms with Crippen LogP contribution in [0.25, 0.3) is 0 Å². The van der Waals surface area contributed by atoms with Crippen LogP contribution in [0.15, 0.2) is 54.6 Å². The van der Waals surface area contributed by atoms with E-state index >= 15 is 0 Å². The molecule has 2 aromatic rings. The summed E-state index contributed by atoms with van der Waals surface area (Å²) in [6, 6.07) is 13.3. The van der Waals surface area contributed by atoms with Crippen molar-refractivity contribution in [3.8, 4) is 0 Å². The smallest absolute Gasteiger partial charge is 0.312 e. The highest BCUT2D eigenvalue weighted by molar-refractivity contribution is 5.91. The summed E-state index contributed by atoms with van der Waals surface area (Å²) in [7, 11) is 0. The molecule has 0 aliphatic carbocycles. The summed E-state index contributed by atoms with van der Waals surface area (Å²) in [4.78, 5) is 23.2. The number of urea groups is 1.